The van der Waals surface area contributed by atoms with Crippen LogP contribution in [0.25, 0.3) is 0 Å². The Kier molecular flexibility index (Phi) is 2.97. The summed E-state index contributed by atoms with van der Waals surface area (Å²) in [5.74, 6) is 0.632. The Morgan fingerprint density at radius 3 is 2.22 bits per heavy atom. The molecule has 1 aliphatic heterocycles. The van der Waals surface area contributed by atoms with E-state index in [4.69, 9.17) is 5.73 Å². The molecule has 0 amide bonds. The summed E-state index contributed by atoms with van der Waals surface area (Å²) in [4.78, 5) is 0. The van der Waals surface area contributed by atoms with E-state index in [0.29, 0.717) is 5.92 Å². The van der Waals surface area contributed by atoms with Crippen LogP contribution in [0.15, 0.2) is 0 Å². The zero-order chi connectivity index (χ0) is 6.53. The first kappa shape index (κ1) is 6.99. The summed E-state index contributed by atoms with van der Waals surface area (Å²) in [5, 5.41) is 6.61. The molecule has 0 aromatic heterocycles. The van der Waals surface area contributed by atoms with Gasteiger partial charge < -0.3 is 16.4 Å². The Morgan fingerprint density at radius 1 is 1.22 bits per heavy atom. The van der Waals surface area contributed by atoms with Crippen molar-refractivity contribution < 1.29 is 0 Å². The average Bonchev–Trinajstić information content (AvgIpc) is 2.13. The van der Waals surface area contributed by atoms with Gasteiger partial charge in [-0.15, -0.1) is 0 Å². The van der Waals surface area contributed by atoms with E-state index in [1.54, 1.807) is 0 Å². The molecular weight excluding hydrogens is 114 g/mol. The van der Waals surface area contributed by atoms with Crippen LogP contribution in [0.2, 0.25) is 0 Å². The van der Waals surface area contributed by atoms with Gasteiger partial charge in [0.25, 0.3) is 0 Å². The number of rotatable bonds is 1. The zero-order valence-electron chi connectivity index (χ0n) is 5.69. The molecule has 0 aliphatic carbocycles. The topological polar surface area (TPSA) is 50.1 Å². The van der Waals surface area contributed by atoms with Crippen LogP contribution in [0.5, 0.6) is 0 Å². The standard InChI is InChI=1S/C6H15N3/c7-3-6-4-8-1-2-9-5-6/h6,8-9H,1-5,7H2. The maximum atomic E-state index is 5.49. The third-order valence-electron chi connectivity index (χ3n) is 1.68. The minimum absolute atomic E-state index is 0.632. The summed E-state index contributed by atoms with van der Waals surface area (Å²) >= 11 is 0. The highest BCUT2D eigenvalue weighted by atomic mass is 15.0. The van der Waals surface area contributed by atoms with Crippen LogP contribution >= 0.6 is 0 Å². The molecule has 54 valence electrons. The molecule has 0 aromatic carbocycles. The molecule has 3 nitrogen and oxygen atoms in total. The van der Waals surface area contributed by atoms with Crippen molar-refractivity contribution in [2.75, 3.05) is 32.7 Å². The molecule has 1 rings (SSSR count). The largest absolute Gasteiger partial charge is 0.330 e. The average molecular weight is 129 g/mol. The SMILES string of the molecule is NCC1CNCCNC1. The molecule has 0 unspecified atom stereocenters. The van der Waals surface area contributed by atoms with Gasteiger partial charge in [-0.05, 0) is 12.5 Å². The van der Waals surface area contributed by atoms with Gasteiger partial charge >= 0.3 is 0 Å². The van der Waals surface area contributed by atoms with Crippen LogP contribution in [0.4, 0.5) is 0 Å². The molecule has 0 saturated carbocycles. The van der Waals surface area contributed by atoms with E-state index in [0.717, 1.165) is 32.7 Å². The smallest absolute Gasteiger partial charge is 0.00768 e. The Labute approximate surface area is 56.0 Å². The fourth-order valence-electron chi connectivity index (χ4n) is 1.03. The number of hydrogen-bond acceptors (Lipinski definition) is 3. The summed E-state index contributed by atoms with van der Waals surface area (Å²) in [6.45, 7) is 5.10. The molecule has 0 bridgehead atoms. The van der Waals surface area contributed by atoms with Gasteiger partial charge in [0.05, 0.1) is 0 Å². The molecule has 1 aliphatic rings. The van der Waals surface area contributed by atoms with Crippen molar-refractivity contribution >= 4 is 0 Å². The number of nitrogens with one attached hydrogen (secondary N) is 2. The van der Waals surface area contributed by atoms with Gasteiger partial charge in [-0.2, -0.15) is 0 Å². The van der Waals surface area contributed by atoms with Gasteiger partial charge in [-0.25, -0.2) is 0 Å². The highest BCUT2D eigenvalue weighted by Gasteiger charge is 2.07. The van der Waals surface area contributed by atoms with Gasteiger partial charge in [-0.3, -0.25) is 0 Å². The van der Waals surface area contributed by atoms with Crippen LogP contribution in [-0.2, 0) is 0 Å². The molecule has 0 radical (unpaired) electrons. The molecule has 1 heterocycles. The van der Waals surface area contributed by atoms with Gasteiger partial charge in [-0.1, -0.05) is 0 Å². The highest BCUT2D eigenvalue weighted by Crippen LogP contribution is 1.90. The van der Waals surface area contributed by atoms with Crippen molar-refractivity contribution in [1.82, 2.24) is 10.6 Å². The Balaban J connectivity index is 2.18. The van der Waals surface area contributed by atoms with Gasteiger partial charge in [0.2, 0.25) is 0 Å². The van der Waals surface area contributed by atoms with Crippen molar-refractivity contribution in [3.63, 3.8) is 0 Å². The van der Waals surface area contributed by atoms with Crippen molar-refractivity contribution in [1.29, 1.82) is 0 Å². The van der Waals surface area contributed by atoms with Crippen LogP contribution in [-0.4, -0.2) is 32.7 Å². The summed E-state index contributed by atoms with van der Waals surface area (Å²) < 4.78 is 0. The lowest BCUT2D eigenvalue weighted by atomic mass is 10.1. The molecule has 9 heavy (non-hydrogen) atoms. The van der Waals surface area contributed by atoms with Crippen molar-refractivity contribution in [3.05, 3.63) is 0 Å². The monoisotopic (exact) mass is 129 g/mol. The highest BCUT2D eigenvalue weighted by molar-refractivity contribution is 4.70. The first-order valence-corrected chi connectivity index (χ1v) is 3.55. The molecule has 0 aromatic rings. The Bertz CT molecular complexity index is 66.7. The predicted molar refractivity (Wildman–Crippen MR) is 38.3 cm³/mol. The van der Waals surface area contributed by atoms with Crippen molar-refractivity contribution in [2.45, 2.75) is 0 Å². The lowest BCUT2D eigenvalue weighted by Crippen LogP contribution is -2.30. The third kappa shape index (κ3) is 2.30. The molecule has 0 spiro atoms. The van der Waals surface area contributed by atoms with E-state index in [1.807, 2.05) is 0 Å². The third-order valence-corrected chi connectivity index (χ3v) is 1.68. The maximum Gasteiger partial charge on any atom is 0.00768 e. The number of hydrogen-bond donors (Lipinski definition) is 3. The summed E-state index contributed by atoms with van der Waals surface area (Å²) in [6.07, 6.45) is 0. The van der Waals surface area contributed by atoms with Crippen molar-refractivity contribution in [2.24, 2.45) is 11.7 Å². The predicted octanol–water partition coefficient (Wildman–Crippen LogP) is -1.25. The van der Waals surface area contributed by atoms with Crippen LogP contribution in [0, 0.1) is 5.92 Å². The lowest BCUT2D eigenvalue weighted by Gasteiger charge is -2.09. The van der Waals surface area contributed by atoms with E-state index in [2.05, 4.69) is 10.6 Å². The first-order valence-electron chi connectivity index (χ1n) is 3.55. The van der Waals surface area contributed by atoms with E-state index in [1.165, 1.54) is 0 Å². The second-order valence-electron chi connectivity index (χ2n) is 2.51. The van der Waals surface area contributed by atoms with Gasteiger partial charge in [0.1, 0.15) is 0 Å². The summed E-state index contributed by atoms with van der Waals surface area (Å²) in [6, 6.07) is 0. The first-order chi connectivity index (χ1) is 4.43. The zero-order valence-corrected chi connectivity index (χ0v) is 5.69. The second-order valence-corrected chi connectivity index (χ2v) is 2.51. The summed E-state index contributed by atoms with van der Waals surface area (Å²) in [5.41, 5.74) is 5.49. The van der Waals surface area contributed by atoms with Crippen LogP contribution < -0.4 is 16.4 Å². The van der Waals surface area contributed by atoms with E-state index in [-0.39, 0.29) is 0 Å². The molecular formula is C6H15N3. The maximum absolute atomic E-state index is 5.49. The van der Waals surface area contributed by atoms with Crippen LogP contribution in [0.3, 0.4) is 0 Å². The van der Waals surface area contributed by atoms with E-state index >= 15 is 0 Å². The normalized spacial score (nSPS) is 23.7. The van der Waals surface area contributed by atoms with Crippen molar-refractivity contribution in [3.8, 4) is 0 Å². The number of nitrogens with two attached hydrogens (primary N) is 1. The van der Waals surface area contributed by atoms with Gasteiger partial charge in [0.15, 0.2) is 0 Å². The lowest BCUT2D eigenvalue weighted by molar-refractivity contribution is 0.510. The molecule has 0 atom stereocenters. The fourth-order valence-corrected chi connectivity index (χ4v) is 1.03. The quantitative estimate of drug-likeness (QED) is 0.415. The molecule has 1 saturated heterocycles. The van der Waals surface area contributed by atoms with E-state index in [9.17, 15) is 0 Å². The Morgan fingerprint density at radius 2 is 1.78 bits per heavy atom. The Hall–Kier alpha value is -0.120. The second kappa shape index (κ2) is 3.82. The van der Waals surface area contributed by atoms with E-state index < -0.39 is 0 Å². The molecule has 4 N–H and O–H groups in total. The van der Waals surface area contributed by atoms with Crippen LogP contribution in [0.1, 0.15) is 0 Å². The molecule has 1 fully saturated rings. The minimum Gasteiger partial charge on any atom is -0.330 e. The molecule has 3 heteroatoms. The van der Waals surface area contributed by atoms with Gasteiger partial charge in [0, 0.05) is 26.2 Å². The summed E-state index contributed by atoms with van der Waals surface area (Å²) in [7, 11) is 0. The fraction of sp³-hybridized carbons (Fsp3) is 1.00. The minimum atomic E-state index is 0.632.